The van der Waals surface area contributed by atoms with Gasteiger partial charge in [0.2, 0.25) is 0 Å². The van der Waals surface area contributed by atoms with Crippen LogP contribution in [-0.4, -0.2) is 12.6 Å². The zero-order chi connectivity index (χ0) is 19.5. The number of hydrogen-bond donors (Lipinski definition) is 0. The lowest BCUT2D eigenvalue weighted by Crippen LogP contribution is -2.31. The molecule has 1 aliphatic rings. The first kappa shape index (κ1) is 20.7. The van der Waals surface area contributed by atoms with Crippen LogP contribution in [0.25, 0.3) is 0 Å². The molecule has 27 heavy (non-hydrogen) atoms. The largest absolute Gasteiger partial charge is 0.462 e. The number of nitriles is 1. The first-order chi connectivity index (χ1) is 13.2. The van der Waals surface area contributed by atoms with Gasteiger partial charge in [-0.1, -0.05) is 93.8 Å². The van der Waals surface area contributed by atoms with Crippen LogP contribution in [0.5, 0.6) is 0 Å². The second-order valence-electron chi connectivity index (χ2n) is 7.02. The maximum Gasteiger partial charge on any atom is 0.330 e. The molecule has 0 aromatic heterocycles. The molecule has 0 radical (unpaired) electrons. The number of nitrogens with zero attached hydrogens (tertiary/aromatic N) is 1. The van der Waals surface area contributed by atoms with E-state index in [1.165, 1.54) is 6.08 Å². The molecular formula is C24H29NO2. The van der Waals surface area contributed by atoms with Crippen molar-refractivity contribution >= 4 is 5.97 Å². The first-order valence-corrected chi connectivity index (χ1v) is 9.84. The van der Waals surface area contributed by atoms with E-state index in [1.54, 1.807) is 6.08 Å². The summed E-state index contributed by atoms with van der Waals surface area (Å²) >= 11 is 0. The summed E-state index contributed by atoms with van der Waals surface area (Å²) in [4.78, 5) is 12.2. The number of carbonyl (C=O) groups is 1. The highest BCUT2D eigenvalue weighted by molar-refractivity contribution is 5.82. The molecule has 1 aromatic rings. The minimum atomic E-state index is -0.806. The minimum Gasteiger partial charge on any atom is -0.462 e. The third kappa shape index (κ3) is 5.44. The molecule has 2 rings (SSSR count). The molecular weight excluding hydrogens is 334 g/mol. The Morgan fingerprint density at radius 1 is 1.30 bits per heavy atom. The van der Waals surface area contributed by atoms with Gasteiger partial charge < -0.3 is 4.74 Å². The smallest absolute Gasteiger partial charge is 0.330 e. The van der Waals surface area contributed by atoms with Crippen LogP contribution in [0, 0.1) is 23.2 Å². The summed E-state index contributed by atoms with van der Waals surface area (Å²) in [5.74, 6) is -0.139. The SMILES string of the molecule is CCCCC(CC)COC(=O)C=CC1C=CC=CC1(C#N)c1ccccc1. The summed E-state index contributed by atoms with van der Waals surface area (Å²) in [6.07, 6.45) is 15.3. The third-order valence-corrected chi connectivity index (χ3v) is 5.20. The Morgan fingerprint density at radius 3 is 2.74 bits per heavy atom. The Balaban J connectivity index is 2.05. The van der Waals surface area contributed by atoms with E-state index in [-0.39, 0.29) is 11.9 Å². The van der Waals surface area contributed by atoms with Gasteiger partial charge in [-0.05, 0) is 17.9 Å². The van der Waals surface area contributed by atoms with Gasteiger partial charge in [0, 0.05) is 12.0 Å². The van der Waals surface area contributed by atoms with Gasteiger partial charge in [-0.2, -0.15) is 5.26 Å². The second-order valence-corrected chi connectivity index (χ2v) is 7.02. The van der Waals surface area contributed by atoms with Crippen LogP contribution in [0.15, 0.2) is 66.8 Å². The predicted octanol–water partition coefficient (Wildman–Crippen LogP) is 5.51. The molecule has 0 saturated heterocycles. The van der Waals surface area contributed by atoms with Gasteiger partial charge in [0.15, 0.2) is 0 Å². The zero-order valence-electron chi connectivity index (χ0n) is 16.3. The summed E-state index contributed by atoms with van der Waals surface area (Å²) < 4.78 is 5.44. The van der Waals surface area contributed by atoms with Gasteiger partial charge in [0.05, 0.1) is 12.7 Å². The van der Waals surface area contributed by atoms with Gasteiger partial charge in [0.1, 0.15) is 5.41 Å². The molecule has 0 aliphatic heterocycles. The Labute approximate surface area is 163 Å². The number of ether oxygens (including phenoxy) is 1. The maximum atomic E-state index is 12.2. The number of benzene rings is 1. The number of unbranched alkanes of at least 4 members (excludes halogenated alkanes) is 1. The number of rotatable bonds is 9. The van der Waals surface area contributed by atoms with E-state index in [9.17, 15) is 10.1 Å². The molecule has 0 saturated carbocycles. The van der Waals surface area contributed by atoms with E-state index in [4.69, 9.17) is 4.74 Å². The molecule has 3 unspecified atom stereocenters. The quantitative estimate of drug-likeness (QED) is 0.429. The van der Waals surface area contributed by atoms with E-state index in [0.717, 1.165) is 31.2 Å². The summed E-state index contributed by atoms with van der Waals surface area (Å²) in [5.41, 5.74) is 0.113. The molecule has 0 fully saturated rings. The average Bonchev–Trinajstić information content (AvgIpc) is 2.73. The molecule has 3 atom stereocenters. The number of allylic oxidation sites excluding steroid dienone is 5. The van der Waals surface area contributed by atoms with Crippen LogP contribution in [0.1, 0.15) is 45.1 Å². The van der Waals surface area contributed by atoms with Crippen LogP contribution >= 0.6 is 0 Å². The molecule has 0 amide bonds. The molecule has 0 N–H and O–H groups in total. The van der Waals surface area contributed by atoms with Crippen LogP contribution < -0.4 is 0 Å². The van der Waals surface area contributed by atoms with Gasteiger partial charge in [0.25, 0.3) is 0 Å². The molecule has 0 heterocycles. The number of esters is 1. The zero-order valence-corrected chi connectivity index (χ0v) is 16.3. The third-order valence-electron chi connectivity index (χ3n) is 5.20. The van der Waals surface area contributed by atoms with Crippen molar-refractivity contribution in [3.63, 3.8) is 0 Å². The van der Waals surface area contributed by atoms with Crippen molar-refractivity contribution in [1.29, 1.82) is 5.26 Å². The van der Waals surface area contributed by atoms with E-state index >= 15 is 0 Å². The maximum absolute atomic E-state index is 12.2. The lowest BCUT2D eigenvalue weighted by Gasteiger charge is -2.31. The van der Waals surface area contributed by atoms with Crippen molar-refractivity contribution in [2.24, 2.45) is 11.8 Å². The monoisotopic (exact) mass is 363 g/mol. The topological polar surface area (TPSA) is 50.1 Å². The Kier molecular flexibility index (Phi) is 8.07. The number of carbonyl (C=O) groups excluding carboxylic acids is 1. The van der Waals surface area contributed by atoms with E-state index in [0.29, 0.717) is 12.5 Å². The van der Waals surface area contributed by atoms with Crippen molar-refractivity contribution < 1.29 is 9.53 Å². The standard InChI is InChI=1S/C24H29NO2/c1-3-5-11-20(4-2)18-27-23(26)16-15-22-14-9-10-17-24(22,19-25)21-12-7-6-8-13-21/h6-10,12-17,20,22H,3-5,11,18H2,1-2H3. The molecule has 142 valence electrons. The van der Waals surface area contributed by atoms with Crippen molar-refractivity contribution in [3.8, 4) is 6.07 Å². The molecule has 3 heteroatoms. The Hall–Kier alpha value is -2.60. The fourth-order valence-corrected chi connectivity index (χ4v) is 3.38. The Morgan fingerprint density at radius 2 is 2.07 bits per heavy atom. The van der Waals surface area contributed by atoms with Crippen LogP contribution in [-0.2, 0) is 14.9 Å². The molecule has 0 bridgehead atoms. The first-order valence-electron chi connectivity index (χ1n) is 9.84. The fraction of sp³-hybridized carbons (Fsp3) is 0.417. The number of hydrogen-bond acceptors (Lipinski definition) is 3. The van der Waals surface area contributed by atoms with Crippen molar-refractivity contribution in [3.05, 3.63) is 72.4 Å². The van der Waals surface area contributed by atoms with E-state index in [1.807, 2.05) is 54.6 Å². The molecule has 1 aromatic carbocycles. The highest BCUT2D eigenvalue weighted by Crippen LogP contribution is 2.37. The van der Waals surface area contributed by atoms with Gasteiger partial charge >= 0.3 is 5.97 Å². The molecule has 3 nitrogen and oxygen atoms in total. The van der Waals surface area contributed by atoms with Crippen molar-refractivity contribution in [2.75, 3.05) is 6.61 Å². The second kappa shape index (κ2) is 10.5. The normalized spacial score (nSPS) is 22.5. The average molecular weight is 364 g/mol. The highest BCUT2D eigenvalue weighted by atomic mass is 16.5. The summed E-state index contributed by atoms with van der Waals surface area (Å²) in [6, 6.07) is 12.1. The van der Waals surface area contributed by atoms with E-state index in [2.05, 4.69) is 19.9 Å². The van der Waals surface area contributed by atoms with Crippen LogP contribution in [0.4, 0.5) is 0 Å². The van der Waals surface area contributed by atoms with Crippen LogP contribution in [0.3, 0.4) is 0 Å². The minimum absolute atomic E-state index is 0.218. The van der Waals surface area contributed by atoms with Crippen molar-refractivity contribution in [2.45, 2.75) is 44.9 Å². The lowest BCUT2D eigenvalue weighted by molar-refractivity contribution is -0.139. The predicted molar refractivity (Wildman–Crippen MR) is 109 cm³/mol. The highest BCUT2D eigenvalue weighted by Gasteiger charge is 2.37. The summed E-state index contributed by atoms with van der Waals surface area (Å²) in [7, 11) is 0. The molecule has 1 aliphatic carbocycles. The van der Waals surface area contributed by atoms with Crippen molar-refractivity contribution in [1.82, 2.24) is 0 Å². The van der Waals surface area contributed by atoms with Gasteiger partial charge in [-0.15, -0.1) is 0 Å². The lowest BCUT2D eigenvalue weighted by atomic mass is 9.69. The Bertz CT molecular complexity index is 726. The fourth-order valence-electron chi connectivity index (χ4n) is 3.38. The van der Waals surface area contributed by atoms with Crippen LogP contribution in [0.2, 0.25) is 0 Å². The summed E-state index contributed by atoms with van der Waals surface area (Å²) in [6.45, 7) is 4.76. The summed E-state index contributed by atoms with van der Waals surface area (Å²) in [5, 5.41) is 9.94. The molecule has 0 spiro atoms. The van der Waals surface area contributed by atoms with Gasteiger partial charge in [-0.25, -0.2) is 4.79 Å². The van der Waals surface area contributed by atoms with E-state index < -0.39 is 5.41 Å². The van der Waals surface area contributed by atoms with Gasteiger partial charge in [-0.3, -0.25) is 0 Å².